The number of rotatable bonds is 3. The number of benzene rings is 2. The molecule has 1 fully saturated rings. The zero-order valence-electron chi connectivity index (χ0n) is 13.4. The minimum Gasteiger partial charge on any atom is -0.502 e. The van der Waals surface area contributed by atoms with Gasteiger partial charge >= 0.3 is 5.69 Å². The summed E-state index contributed by atoms with van der Waals surface area (Å²) in [4.78, 5) is 36.3. The van der Waals surface area contributed by atoms with E-state index in [-0.39, 0.29) is 16.2 Å². The number of hydrogen-bond acceptors (Lipinski definition) is 6. The highest BCUT2D eigenvalue weighted by Crippen LogP contribution is 2.29. The molecule has 10 heteroatoms. The number of phenolic OH excluding ortho intramolecular Hbond substituents is 1. The third-order valence-corrected chi connectivity index (χ3v) is 4.19. The molecule has 0 atom stereocenters. The number of phenols is 1. The van der Waals surface area contributed by atoms with E-state index in [9.17, 15) is 24.8 Å². The van der Waals surface area contributed by atoms with Gasteiger partial charge in [0.25, 0.3) is 11.8 Å². The van der Waals surface area contributed by atoms with Crippen molar-refractivity contribution in [3.8, 4) is 5.75 Å². The van der Waals surface area contributed by atoms with Gasteiger partial charge in [-0.2, -0.15) is 0 Å². The lowest BCUT2D eigenvalue weighted by molar-refractivity contribution is -0.385. The fourth-order valence-corrected chi connectivity index (χ4v) is 2.92. The van der Waals surface area contributed by atoms with Gasteiger partial charge < -0.3 is 5.11 Å². The van der Waals surface area contributed by atoms with E-state index in [1.807, 2.05) is 0 Å². The van der Waals surface area contributed by atoms with Crippen LogP contribution >= 0.6 is 23.8 Å². The third kappa shape index (κ3) is 3.64. The van der Waals surface area contributed by atoms with Crippen LogP contribution in [-0.4, -0.2) is 27.0 Å². The number of carbonyl (C=O) groups is 2. The zero-order valence-corrected chi connectivity index (χ0v) is 15.0. The van der Waals surface area contributed by atoms with Crippen molar-refractivity contribution in [1.29, 1.82) is 0 Å². The highest BCUT2D eigenvalue weighted by atomic mass is 35.5. The Kier molecular flexibility index (Phi) is 4.89. The molecule has 2 aromatic rings. The van der Waals surface area contributed by atoms with E-state index in [0.717, 1.165) is 17.0 Å². The smallest absolute Gasteiger partial charge is 0.311 e. The van der Waals surface area contributed by atoms with Crippen LogP contribution in [0.5, 0.6) is 5.75 Å². The van der Waals surface area contributed by atoms with Gasteiger partial charge in [-0.15, -0.1) is 0 Å². The molecule has 0 aromatic heterocycles. The molecular formula is C17H10ClN3O5S. The Bertz CT molecular complexity index is 1040. The average molecular weight is 404 g/mol. The second-order valence-corrected chi connectivity index (χ2v) is 6.27. The normalized spacial score (nSPS) is 15.8. The maximum atomic E-state index is 12.8. The van der Waals surface area contributed by atoms with Crippen molar-refractivity contribution >= 4 is 58.2 Å². The Balaban J connectivity index is 2.04. The van der Waals surface area contributed by atoms with Crippen molar-refractivity contribution in [3.05, 3.63) is 68.7 Å². The lowest BCUT2D eigenvalue weighted by Gasteiger charge is -2.29. The summed E-state index contributed by atoms with van der Waals surface area (Å²) in [5.41, 5.74) is -0.268. The van der Waals surface area contributed by atoms with E-state index < -0.39 is 28.2 Å². The van der Waals surface area contributed by atoms with Crippen molar-refractivity contribution in [3.63, 3.8) is 0 Å². The molecule has 0 bridgehead atoms. The number of anilines is 1. The van der Waals surface area contributed by atoms with Crippen LogP contribution in [0.1, 0.15) is 5.56 Å². The molecule has 2 aromatic carbocycles. The van der Waals surface area contributed by atoms with Gasteiger partial charge in [-0.1, -0.05) is 23.7 Å². The van der Waals surface area contributed by atoms with E-state index in [1.54, 1.807) is 18.2 Å². The van der Waals surface area contributed by atoms with Crippen molar-refractivity contribution in [2.75, 3.05) is 4.90 Å². The second kappa shape index (κ2) is 7.14. The minimum atomic E-state index is -0.770. The largest absolute Gasteiger partial charge is 0.502 e. The Labute approximate surface area is 162 Å². The molecule has 1 aliphatic rings. The number of nitrogens with zero attached hydrogens (tertiary/aromatic N) is 2. The number of amides is 2. The highest BCUT2D eigenvalue weighted by molar-refractivity contribution is 7.80. The third-order valence-electron chi connectivity index (χ3n) is 3.68. The maximum Gasteiger partial charge on any atom is 0.311 e. The number of nitro benzene ring substituents is 1. The number of nitro groups is 1. The number of hydrogen-bond donors (Lipinski definition) is 2. The van der Waals surface area contributed by atoms with Crippen LogP contribution in [0.15, 0.2) is 48.0 Å². The number of thiocarbonyl (C=S) groups is 1. The SMILES string of the molecule is O=C1NC(=S)N(c2cccc(Cl)c2)C(=O)/C1=C/c1ccc(O)c([N+](=O)[O-])c1. The molecule has 136 valence electrons. The first kappa shape index (κ1) is 18.5. The topological polar surface area (TPSA) is 113 Å². The van der Waals surface area contributed by atoms with E-state index in [0.29, 0.717) is 10.7 Å². The van der Waals surface area contributed by atoms with Gasteiger partial charge in [0.15, 0.2) is 10.9 Å². The van der Waals surface area contributed by atoms with E-state index in [4.69, 9.17) is 23.8 Å². The fourth-order valence-electron chi connectivity index (χ4n) is 2.45. The molecule has 0 radical (unpaired) electrons. The molecule has 1 saturated heterocycles. The monoisotopic (exact) mass is 403 g/mol. The van der Waals surface area contributed by atoms with Crippen molar-refractivity contribution in [2.24, 2.45) is 0 Å². The summed E-state index contributed by atoms with van der Waals surface area (Å²) in [6.45, 7) is 0. The number of halogens is 1. The maximum absolute atomic E-state index is 12.8. The lowest BCUT2D eigenvalue weighted by Crippen LogP contribution is -2.54. The summed E-state index contributed by atoms with van der Waals surface area (Å²) < 4.78 is 0. The van der Waals surface area contributed by atoms with Gasteiger partial charge in [-0.05, 0) is 48.1 Å². The summed E-state index contributed by atoms with van der Waals surface area (Å²) in [7, 11) is 0. The van der Waals surface area contributed by atoms with Crippen LogP contribution in [0.2, 0.25) is 5.02 Å². The highest BCUT2D eigenvalue weighted by Gasteiger charge is 2.34. The molecule has 8 nitrogen and oxygen atoms in total. The molecule has 3 rings (SSSR count). The number of carbonyl (C=O) groups excluding carboxylic acids is 2. The standard InChI is InChI=1S/C17H10ClN3O5S/c18-10-2-1-3-11(8-10)20-16(24)12(15(23)19-17(20)27)6-9-4-5-14(22)13(7-9)21(25)26/h1-8,22H,(H,19,23,27)/b12-6+. The van der Waals surface area contributed by atoms with Crippen LogP contribution in [-0.2, 0) is 9.59 Å². The zero-order chi connectivity index (χ0) is 19.7. The van der Waals surface area contributed by atoms with Crippen molar-refractivity contribution < 1.29 is 19.6 Å². The Morgan fingerprint density at radius 1 is 1.22 bits per heavy atom. The second-order valence-electron chi connectivity index (χ2n) is 5.44. The molecule has 1 aliphatic heterocycles. The summed E-state index contributed by atoms with van der Waals surface area (Å²) in [5.74, 6) is -1.97. The van der Waals surface area contributed by atoms with Gasteiger partial charge in [-0.25, -0.2) is 0 Å². The van der Waals surface area contributed by atoms with Crippen LogP contribution in [0, 0.1) is 10.1 Å². The Morgan fingerprint density at radius 2 is 1.96 bits per heavy atom. The first-order valence-electron chi connectivity index (χ1n) is 7.42. The van der Waals surface area contributed by atoms with E-state index in [1.165, 1.54) is 18.2 Å². The van der Waals surface area contributed by atoms with Gasteiger partial charge in [0.1, 0.15) is 5.57 Å². The molecule has 2 amide bonds. The van der Waals surface area contributed by atoms with E-state index >= 15 is 0 Å². The predicted octanol–water partition coefficient (Wildman–Crippen LogP) is 2.79. The predicted molar refractivity (Wildman–Crippen MR) is 102 cm³/mol. The fraction of sp³-hybridized carbons (Fsp3) is 0. The first-order valence-corrected chi connectivity index (χ1v) is 8.21. The van der Waals surface area contributed by atoms with Gasteiger partial charge in [0.05, 0.1) is 10.6 Å². The quantitative estimate of drug-likeness (QED) is 0.268. The molecule has 1 heterocycles. The van der Waals surface area contributed by atoms with Crippen LogP contribution in [0.25, 0.3) is 6.08 Å². The van der Waals surface area contributed by atoms with Gasteiger partial charge in [-0.3, -0.25) is 29.9 Å². The molecule has 27 heavy (non-hydrogen) atoms. The van der Waals surface area contributed by atoms with Gasteiger partial charge in [0, 0.05) is 11.1 Å². The van der Waals surface area contributed by atoms with Crippen LogP contribution in [0.3, 0.4) is 0 Å². The number of aromatic hydroxyl groups is 1. The lowest BCUT2D eigenvalue weighted by atomic mass is 10.1. The van der Waals surface area contributed by atoms with Crippen molar-refractivity contribution in [2.45, 2.75) is 0 Å². The molecule has 0 spiro atoms. The molecule has 0 unspecified atom stereocenters. The van der Waals surface area contributed by atoms with E-state index in [2.05, 4.69) is 5.32 Å². The van der Waals surface area contributed by atoms with Crippen molar-refractivity contribution in [1.82, 2.24) is 5.32 Å². The summed E-state index contributed by atoms with van der Waals surface area (Å²) in [6.07, 6.45) is 1.18. The van der Waals surface area contributed by atoms with Gasteiger partial charge in [0.2, 0.25) is 0 Å². The van der Waals surface area contributed by atoms with Crippen LogP contribution < -0.4 is 10.2 Å². The molecule has 0 aliphatic carbocycles. The minimum absolute atomic E-state index is 0.110. The summed E-state index contributed by atoms with van der Waals surface area (Å²) >= 11 is 11.0. The molecular weight excluding hydrogens is 394 g/mol. The molecule has 0 saturated carbocycles. The summed E-state index contributed by atoms with van der Waals surface area (Å²) in [6, 6.07) is 9.84. The Morgan fingerprint density at radius 3 is 2.63 bits per heavy atom. The van der Waals surface area contributed by atoms with Crippen LogP contribution in [0.4, 0.5) is 11.4 Å². The molecule has 2 N–H and O–H groups in total. The summed E-state index contributed by atoms with van der Waals surface area (Å²) in [5, 5.41) is 23.1. The average Bonchev–Trinajstić information content (AvgIpc) is 2.59. The number of nitrogens with one attached hydrogen (secondary N) is 1. The first-order chi connectivity index (χ1) is 12.8. The Hall–Kier alpha value is -3.30.